The van der Waals surface area contributed by atoms with Gasteiger partial charge in [-0.25, -0.2) is 0 Å². The molecule has 1 atom stereocenters. The molecule has 1 aromatic carbocycles. The van der Waals surface area contributed by atoms with Gasteiger partial charge in [-0.3, -0.25) is 0 Å². The van der Waals surface area contributed by atoms with Crippen LogP contribution in [0.5, 0.6) is 0 Å². The third-order valence-electron chi connectivity index (χ3n) is 2.81. The zero-order valence-electron chi connectivity index (χ0n) is 11.0. The predicted octanol–water partition coefficient (Wildman–Crippen LogP) is 3.88. The molecule has 1 nitrogen and oxygen atoms in total. The van der Waals surface area contributed by atoms with Crippen LogP contribution in [-0.4, -0.2) is 26.2 Å². The van der Waals surface area contributed by atoms with E-state index < -0.39 is 0 Å². The Labute approximate surface area is 122 Å². The summed E-state index contributed by atoms with van der Waals surface area (Å²) in [6.07, 6.45) is 6.37. The molecule has 18 heavy (non-hydrogen) atoms. The number of hydrogen-bond acceptors (Lipinski definition) is 2. The number of nitrogens with zero attached hydrogens (tertiary/aromatic N) is 1. The summed E-state index contributed by atoms with van der Waals surface area (Å²) in [6.45, 7) is 2.24. The zero-order chi connectivity index (χ0) is 13.1. The molecule has 0 N–H and O–H groups in total. The summed E-state index contributed by atoms with van der Waals surface area (Å²) in [5.41, 5.74) is 0. The van der Waals surface area contributed by atoms with E-state index in [1.165, 1.54) is 30.1 Å². The third kappa shape index (κ3) is 7.08. The van der Waals surface area contributed by atoms with E-state index >= 15 is 0 Å². The molecule has 0 saturated carbocycles. The monoisotopic (exact) mass is 327 g/mol. The van der Waals surface area contributed by atoms with Crippen LogP contribution < -0.4 is 4.46 Å². The van der Waals surface area contributed by atoms with Gasteiger partial charge in [-0.15, -0.1) is 0 Å². The molecular formula is C15H21NSSe. The molecule has 0 fully saturated rings. The first-order valence-corrected chi connectivity index (χ1v) is 9.09. The zero-order valence-corrected chi connectivity index (χ0v) is 13.5. The molecule has 0 saturated heterocycles. The SMILES string of the molecule is CCCCCCC(C[Se]c1ccccc1)N=C=S. The summed E-state index contributed by atoms with van der Waals surface area (Å²) < 4.78 is 1.45. The minimum absolute atomic E-state index is 0.388. The molecular weight excluding hydrogens is 305 g/mol. The van der Waals surface area contributed by atoms with Crippen molar-refractivity contribution in [3.8, 4) is 0 Å². The number of unbranched alkanes of at least 4 members (excludes halogenated alkanes) is 3. The molecule has 0 aliphatic carbocycles. The summed E-state index contributed by atoms with van der Waals surface area (Å²) in [5.74, 6) is 0. The average Bonchev–Trinajstić information content (AvgIpc) is 2.42. The second kappa shape index (κ2) is 10.5. The first kappa shape index (κ1) is 15.6. The number of rotatable bonds is 9. The van der Waals surface area contributed by atoms with Crippen molar-refractivity contribution in [3.05, 3.63) is 30.3 Å². The van der Waals surface area contributed by atoms with E-state index in [1.54, 1.807) is 0 Å². The van der Waals surface area contributed by atoms with Gasteiger partial charge in [-0.2, -0.15) is 0 Å². The van der Waals surface area contributed by atoms with Gasteiger partial charge in [0.05, 0.1) is 0 Å². The number of aliphatic imine (C=N–C) groups is 1. The molecule has 0 aliphatic rings. The van der Waals surface area contributed by atoms with Crippen molar-refractivity contribution < 1.29 is 0 Å². The molecule has 0 bridgehead atoms. The summed E-state index contributed by atoms with van der Waals surface area (Å²) >= 11 is 5.26. The maximum atomic E-state index is 4.75. The Morgan fingerprint density at radius 1 is 1.22 bits per heavy atom. The average molecular weight is 326 g/mol. The Morgan fingerprint density at radius 2 is 2.00 bits per heavy atom. The van der Waals surface area contributed by atoms with E-state index in [2.05, 4.69) is 47.4 Å². The van der Waals surface area contributed by atoms with E-state index in [0.29, 0.717) is 21.0 Å². The molecule has 3 heteroatoms. The topological polar surface area (TPSA) is 12.4 Å². The van der Waals surface area contributed by atoms with Gasteiger partial charge in [0.25, 0.3) is 0 Å². The number of isothiocyanates is 1. The van der Waals surface area contributed by atoms with Crippen molar-refractivity contribution in [2.45, 2.75) is 50.4 Å². The molecule has 1 unspecified atom stereocenters. The van der Waals surface area contributed by atoms with Crippen molar-refractivity contribution in [1.82, 2.24) is 0 Å². The fraction of sp³-hybridized carbons (Fsp3) is 0.533. The van der Waals surface area contributed by atoms with Gasteiger partial charge in [0.2, 0.25) is 0 Å². The van der Waals surface area contributed by atoms with Crippen LogP contribution >= 0.6 is 12.2 Å². The van der Waals surface area contributed by atoms with Crippen molar-refractivity contribution >= 4 is 36.8 Å². The molecule has 0 radical (unpaired) electrons. The summed E-state index contributed by atoms with van der Waals surface area (Å²) in [6, 6.07) is 11.1. The predicted molar refractivity (Wildman–Crippen MR) is 84.2 cm³/mol. The second-order valence-electron chi connectivity index (χ2n) is 4.35. The summed E-state index contributed by atoms with van der Waals surface area (Å²) in [7, 11) is 0. The first-order chi connectivity index (χ1) is 8.86. The maximum absolute atomic E-state index is 4.75. The van der Waals surface area contributed by atoms with Crippen LogP contribution in [0.25, 0.3) is 0 Å². The van der Waals surface area contributed by atoms with Crippen LogP contribution in [0.2, 0.25) is 5.32 Å². The normalized spacial score (nSPS) is 11.8. The van der Waals surface area contributed by atoms with Crippen LogP contribution in [0.1, 0.15) is 39.0 Å². The van der Waals surface area contributed by atoms with E-state index in [1.807, 2.05) is 0 Å². The fourth-order valence-electron chi connectivity index (χ4n) is 1.78. The van der Waals surface area contributed by atoms with E-state index in [0.717, 1.165) is 11.7 Å². The van der Waals surface area contributed by atoms with Crippen molar-refractivity contribution in [3.63, 3.8) is 0 Å². The first-order valence-electron chi connectivity index (χ1n) is 6.61. The van der Waals surface area contributed by atoms with Crippen molar-refractivity contribution in [1.29, 1.82) is 0 Å². The standard InChI is InChI=1S/C15H21NSSe/c1-2-3-4-6-9-14(16-13-17)12-18-15-10-7-5-8-11-15/h5,7-8,10-11,14H,2-4,6,9,12H2,1H3. The van der Waals surface area contributed by atoms with Gasteiger partial charge < -0.3 is 0 Å². The van der Waals surface area contributed by atoms with Crippen molar-refractivity contribution in [2.24, 2.45) is 4.99 Å². The van der Waals surface area contributed by atoms with Gasteiger partial charge >= 0.3 is 123 Å². The number of hydrogen-bond donors (Lipinski definition) is 0. The number of thiocarbonyl (C=S) groups is 1. The minimum atomic E-state index is 0.388. The molecule has 0 aromatic heterocycles. The fourth-order valence-corrected chi connectivity index (χ4v) is 3.97. The summed E-state index contributed by atoms with van der Waals surface area (Å²) in [5, 5.41) is 3.71. The molecule has 98 valence electrons. The van der Waals surface area contributed by atoms with E-state index in [4.69, 9.17) is 12.2 Å². The van der Waals surface area contributed by atoms with Crippen LogP contribution in [-0.2, 0) is 0 Å². The second-order valence-corrected chi connectivity index (χ2v) is 6.82. The van der Waals surface area contributed by atoms with E-state index in [9.17, 15) is 0 Å². The van der Waals surface area contributed by atoms with Gasteiger partial charge in [-0.1, -0.05) is 0 Å². The van der Waals surface area contributed by atoms with Crippen LogP contribution in [0.3, 0.4) is 0 Å². The summed E-state index contributed by atoms with van der Waals surface area (Å²) in [4.78, 5) is 4.32. The van der Waals surface area contributed by atoms with Crippen LogP contribution in [0.4, 0.5) is 0 Å². The Morgan fingerprint density at radius 3 is 2.67 bits per heavy atom. The molecule has 1 rings (SSSR count). The molecule has 0 aliphatic heterocycles. The molecule has 0 spiro atoms. The Bertz CT molecular complexity index is 360. The number of benzene rings is 1. The van der Waals surface area contributed by atoms with Gasteiger partial charge in [0.15, 0.2) is 0 Å². The van der Waals surface area contributed by atoms with Gasteiger partial charge in [0.1, 0.15) is 0 Å². The third-order valence-corrected chi connectivity index (χ3v) is 5.34. The van der Waals surface area contributed by atoms with Gasteiger partial charge in [-0.05, 0) is 0 Å². The Kier molecular flexibility index (Phi) is 9.06. The van der Waals surface area contributed by atoms with Crippen molar-refractivity contribution in [2.75, 3.05) is 0 Å². The molecule has 1 aromatic rings. The Hall–Kier alpha value is -0.461. The van der Waals surface area contributed by atoms with Crippen LogP contribution in [0, 0.1) is 0 Å². The van der Waals surface area contributed by atoms with E-state index in [-0.39, 0.29) is 0 Å². The molecule has 0 amide bonds. The Balaban J connectivity index is 2.31. The van der Waals surface area contributed by atoms with Crippen LogP contribution in [0.15, 0.2) is 35.3 Å². The quantitative estimate of drug-likeness (QED) is 0.290. The van der Waals surface area contributed by atoms with Gasteiger partial charge in [0, 0.05) is 0 Å². The molecule has 0 heterocycles.